The van der Waals surface area contributed by atoms with Crippen molar-refractivity contribution >= 4 is 17.0 Å². The van der Waals surface area contributed by atoms with Crippen molar-refractivity contribution in [3.05, 3.63) is 24.3 Å². The molecule has 0 amide bonds. The van der Waals surface area contributed by atoms with Crippen LogP contribution in [0.3, 0.4) is 0 Å². The summed E-state index contributed by atoms with van der Waals surface area (Å²) in [6, 6.07) is 0. The van der Waals surface area contributed by atoms with Gasteiger partial charge in [-0.2, -0.15) is 0 Å². The van der Waals surface area contributed by atoms with E-state index >= 15 is 0 Å². The standard InChI is InChI=1S/C16H25N7O3/c1-9-21-11-14(18)19-8-20-15(11)23(9)16-13(25)12(24)10(26-16)7-22(2)6-4-3-5-17/h3-4,8,10,12-13,16,24-25H,5-7,17H2,1-2H3,(H2,18,19,20)/b4-3+/t10-,12+,13-,16-/m1/s1. The van der Waals surface area contributed by atoms with E-state index in [-0.39, 0.29) is 5.82 Å². The number of hydrogen-bond donors (Lipinski definition) is 4. The molecule has 3 heterocycles. The first-order valence-electron chi connectivity index (χ1n) is 8.44. The van der Waals surface area contributed by atoms with Gasteiger partial charge in [0.2, 0.25) is 0 Å². The van der Waals surface area contributed by atoms with Crippen molar-refractivity contribution in [2.75, 3.05) is 32.4 Å². The van der Waals surface area contributed by atoms with E-state index in [1.807, 2.05) is 24.1 Å². The molecule has 1 saturated heterocycles. The Morgan fingerprint density at radius 1 is 1.31 bits per heavy atom. The van der Waals surface area contributed by atoms with Crippen LogP contribution in [-0.2, 0) is 4.74 Å². The maximum absolute atomic E-state index is 10.5. The Morgan fingerprint density at radius 2 is 2.08 bits per heavy atom. The topological polar surface area (TPSA) is 149 Å². The lowest BCUT2D eigenvalue weighted by atomic mass is 10.1. The molecule has 1 aliphatic heterocycles. The fourth-order valence-electron chi connectivity index (χ4n) is 3.17. The Labute approximate surface area is 151 Å². The zero-order valence-corrected chi connectivity index (χ0v) is 14.9. The first-order chi connectivity index (χ1) is 12.4. The third-order valence-corrected chi connectivity index (χ3v) is 4.48. The fraction of sp³-hybridized carbons (Fsp3) is 0.562. The van der Waals surface area contributed by atoms with Crippen molar-refractivity contribution in [1.82, 2.24) is 24.4 Å². The van der Waals surface area contributed by atoms with Gasteiger partial charge in [-0.1, -0.05) is 12.2 Å². The molecule has 4 atom stereocenters. The third kappa shape index (κ3) is 3.41. The minimum atomic E-state index is -1.11. The van der Waals surface area contributed by atoms with Crippen molar-refractivity contribution in [3.63, 3.8) is 0 Å². The molecule has 2 aromatic heterocycles. The summed E-state index contributed by atoms with van der Waals surface area (Å²) < 4.78 is 7.62. The van der Waals surface area contributed by atoms with Crippen LogP contribution >= 0.6 is 0 Å². The molecule has 142 valence electrons. The van der Waals surface area contributed by atoms with Gasteiger partial charge in [0.05, 0.1) is 0 Å². The summed E-state index contributed by atoms with van der Waals surface area (Å²) in [4.78, 5) is 14.5. The van der Waals surface area contributed by atoms with Gasteiger partial charge in [0, 0.05) is 19.6 Å². The molecule has 1 aliphatic rings. The molecular weight excluding hydrogens is 338 g/mol. The summed E-state index contributed by atoms with van der Waals surface area (Å²) in [5, 5.41) is 21.0. The van der Waals surface area contributed by atoms with Crippen LogP contribution in [-0.4, -0.2) is 79.6 Å². The fourth-order valence-corrected chi connectivity index (χ4v) is 3.17. The smallest absolute Gasteiger partial charge is 0.167 e. The molecular formula is C16H25N7O3. The predicted molar refractivity (Wildman–Crippen MR) is 96.1 cm³/mol. The molecule has 6 N–H and O–H groups in total. The lowest BCUT2D eigenvalue weighted by Crippen LogP contribution is -2.38. The summed E-state index contributed by atoms with van der Waals surface area (Å²) in [7, 11) is 1.91. The SMILES string of the molecule is Cc1nc2c(N)ncnc2n1[C@@H]1O[C@H](CN(C)C/C=C/CN)[C@H](O)[C@H]1O. The van der Waals surface area contributed by atoms with E-state index in [4.69, 9.17) is 16.2 Å². The first kappa shape index (κ1) is 18.7. The number of aliphatic hydroxyl groups excluding tert-OH is 2. The molecule has 10 heteroatoms. The summed E-state index contributed by atoms with van der Waals surface area (Å²) in [5.41, 5.74) is 12.2. The van der Waals surface area contributed by atoms with Gasteiger partial charge in [-0.25, -0.2) is 15.0 Å². The van der Waals surface area contributed by atoms with E-state index in [0.717, 1.165) is 0 Å². The quantitative estimate of drug-likeness (QED) is 0.463. The van der Waals surface area contributed by atoms with Crippen LogP contribution in [0.1, 0.15) is 12.1 Å². The van der Waals surface area contributed by atoms with Crippen LogP contribution in [0.4, 0.5) is 5.82 Å². The highest BCUT2D eigenvalue weighted by Crippen LogP contribution is 2.33. The van der Waals surface area contributed by atoms with E-state index in [2.05, 4.69) is 15.0 Å². The van der Waals surface area contributed by atoms with Crippen molar-refractivity contribution in [3.8, 4) is 0 Å². The summed E-state index contributed by atoms with van der Waals surface area (Å²) in [6.07, 6.45) is 1.65. The van der Waals surface area contributed by atoms with Crippen LogP contribution in [0.15, 0.2) is 18.5 Å². The van der Waals surface area contributed by atoms with E-state index < -0.39 is 24.5 Å². The molecule has 0 saturated carbocycles. The molecule has 0 aliphatic carbocycles. The number of nitrogen functional groups attached to an aromatic ring is 1. The van der Waals surface area contributed by atoms with Crippen molar-refractivity contribution in [2.24, 2.45) is 5.73 Å². The number of hydrogen-bond acceptors (Lipinski definition) is 9. The summed E-state index contributed by atoms with van der Waals surface area (Å²) in [5.74, 6) is 0.830. The highest BCUT2D eigenvalue weighted by molar-refractivity contribution is 5.81. The molecule has 0 radical (unpaired) electrons. The Bertz CT molecular complexity index is 793. The Kier molecular flexibility index (Phi) is 5.49. The number of ether oxygens (including phenoxy) is 1. The molecule has 10 nitrogen and oxygen atoms in total. The highest BCUT2D eigenvalue weighted by Gasteiger charge is 2.45. The second-order valence-corrected chi connectivity index (χ2v) is 6.43. The number of likely N-dealkylation sites (N-methyl/N-ethyl adjacent to an activating group) is 1. The van der Waals surface area contributed by atoms with Crippen LogP contribution in [0, 0.1) is 6.92 Å². The molecule has 0 bridgehead atoms. The number of nitrogens with zero attached hydrogens (tertiary/aromatic N) is 5. The third-order valence-electron chi connectivity index (χ3n) is 4.48. The minimum Gasteiger partial charge on any atom is -0.387 e. The van der Waals surface area contributed by atoms with Crippen LogP contribution in [0.25, 0.3) is 11.2 Å². The van der Waals surface area contributed by atoms with Gasteiger partial charge in [0.25, 0.3) is 0 Å². The number of aromatic nitrogens is 4. The van der Waals surface area contributed by atoms with Gasteiger partial charge < -0.3 is 31.3 Å². The maximum Gasteiger partial charge on any atom is 0.167 e. The van der Waals surface area contributed by atoms with Gasteiger partial charge in [-0.05, 0) is 14.0 Å². The lowest BCUT2D eigenvalue weighted by molar-refractivity contribution is -0.0424. The number of anilines is 1. The number of fused-ring (bicyclic) bond motifs is 1. The summed E-state index contributed by atoms with van der Waals surface area (Å²) in [6.45, 7) is 3.36. The van der Waals surface area contributed by atoms with Crippen molar-refractivity contribution < 1.29 is 14.9 Å². The van der Waals surface area contributed by atoms with Crippen LogP contribution in [0.5, 0.6) is 0 Å². The zero-order valence-electron chi connectivity index (χ0n) is 14.9. The number of imidazole rings is 1. The maximum atomic E-state index is 10.5. The molecule has 0 unspecified atom stereocenters. The average Bonchev–Trinajstić information content (AvgIpc) is 3.07. The molecule has 0 spiro atoms. The molecule has 0 aromatic carbocycles. The summed E-state index contributed by atoms with van der Waals surface area (Å²) >= 11 is 0. The molecule has 26 heavy (non-hydrogen) atoms. The Hall–Kier alpha value is -2.11. The predicted octanol–water partition coefficient (Wildman–Crippen LogP) is -1.22. The van der Waals surface area contributed by atoms with Crippen molar-refractivity contribution in [2.45, 2.75) is 31.5 Å². The largest absolute Gasteiger partial charge is 0.387 e. The number of aliphatic hydroxyl groups is 2. The van der Waals surface area contributed by atoms with E-state index in [0.29, 0.717) is 36.6 Å². The highest BCUT2D eigenvalue weighted by atomic mass is 16.6. The number of aryl methyl sites for hydroxylation is 1. The van der Waals surface area contributed by atoms with Gasteiger partial charge >= 0.3 is 0 Å². The van der Waals surface area contributed by atoms with E-state index in [9.17, 15) is 10.2 Å². The first-order valence-corrected chi connectivity index (χ1v) is 8.44. The molecule has 3 rings (SSSR count). The van der Waals surface area contributed by atoms with Gasteiger partial charge in [0.15, 0.2) is 23.2 Å². The van der Waals surface area contributed by atoms with E-state index in [1.54, 1.807) is 11.5 Å². The van der Waals surface area contributed by atoms with Crippen LogP contribution < -0.4 is 11.5 Å². The Morgan fingerprint density at radius 3 is 2.81 bits per heavy atom. The normalized spacial score (nSPS) is 26.5. The Balaban J connectivity index is 1.81. The van der Waals surface area contributed by atoms with Gasteiger partial charge in [0.1, 0.15) is 30.5 Å². The zero-order chi connectivity index (χ0) is 18.8. The molecule has 1 fully saturated rings. The number of rotatable bonds is 6. The minimum absolute atomic E-state index is 0.257. The molecule has 2 aromatic rings. The van der Waals surface area contributed by atoms with E-state index in [1.165, 1.54) is 6.33 Å². The van der Waals surface area contributed by atoms with Gasteiger partial charge in [-0.3, -0.25) is 4.57 Å². The monoisotopic (exact) mass is 363 g/mol. The van der Waals surface area contributed by atoms with Crippen molar-refractivity contribution in [1.29, 1.82) is 0 Å². The second-order valence-electron chi connectivity index (χ2n) is 6.43. The van der Waals surface area contributed by atoms with Gasteiger partial charge in [-0.15, -0.1) is 0 Å². The lowest BCUT2D eigenvalue weighted by Gasteiger charge is -2.21. The average molecular weight is 363 g/mol. The second kappa shape index (κ2) is 7.64. The number of nitrogens with two attached hydrogens (primary N) is 2. The van der Waals surface area contributed by atoms with Crippen LogP contribution in [0.2, 0.25) is 0 Å².